The Kier molecular flexibility index (Phi) is 2.84. The molecule has 66 valence electrons. The van der Waals surface area contributed by atoms with E-state index in [-0.39, 0.29) is 12.2 Å². The predicted molar refractivity (Wildman–Crippen MR) is 38.0 cm³/mol. The van der Waals surface area contributed by atoms with Crippen LogP contribution >= 0.6 is 0 Å². The van der Waals surface area contributed by atoms with Gasteiger partial charge >= 0.3 is 0 Å². The van der Waals surface area contributed by atoms with E-state index in [1.807, 2.05) is 6.92 Å². The highest BCUT2D eigenvalue weighted by atomic mass is 16.6. The number of hydrogen-bond acceptors (Lipinski definition) is 4. The number of aliphatic hydroxyl groups is 2. The van der Waals surface area contributed by atoms with Crippen molar-refractivity contribution in [2.45, 2.75) is 37.9 Å². The minimum atomic E-state index is -1.06. The zero-order valence-corrected chi connectivity index (χ0v) is 6.73. The molecule has 0 radical (unpaired) electrons. The van der Waals surface area contributed by atoms with Gasteiger partial charge in [-0.05, 0) is 6.92 Å². The number of aliphatic hydroxyl groups excluding tert-OH is 2. The van der Waals surface area contributed by atoms with Crippen LogP contribution in [-0.4, -0.2) is 41.9 Å². The Labute approximate surface area is 65.7 Å². The Morgan fingerprint density at radius 2 is 2.09 bits per heavy atom. The average molecular weight is 162 g/mol. The molecule has 1 aliphatic rings. The molecule has 0 saturated carbocycles. The van der Waals surface area contributed by atoms with Crippen LogP contribution in [-0.2, 0) is 9.47 Å². The third kappa shape index (κ3) is 1.90. The molecular weight excluding hydrogens is 148 g/mol. The lowest BCUT2D eigenvalue weighted by molar-refractivity contribution is -0.244. The van der Waals surface area contributed by atoms with Gasteiger partial charge in [0.25, 0.3) is 0 Å². The fourth-order valence-electron chi connectivity index (χ4n) is 1.23. The van der Waals surface area contributed by atoms with Gasteiger partial charge in [0.05, 0.1) is 12.2 Å². The van der Waals surface area contributed by atoms with Crippen molar-refractivity contribution in [3.05, 3.63) is 0 Å². The minimum Gasteiger partial charge on any atom is -0.388 e. The second kappa shape index (κ2) is 3.49. The molecule has 4 atom stereocenters. The zero-order valence-electron chi connectivity index (χ0n) is 6.73. The maximum absolute atomic E-state index is 9.14. The molecule has 0 spiro atoms. The van der Waals surface area contributed by atoms with Gasteiger partial charge in [-0.3, -0.25) is 0 Å². The molecule has 4 heteroatoms. The standard InChI is InChI=1S/C7H14O4/c1-4-6(10-2)3-5(8)7(9)11-4/h4-9H,3H2,1-2H3/t4-,5+,6?,7?/m0/s1. The van der Waals surface area contributed by atoms with E-state index in [0.717, 1.165) is 0 Å². The molecule has 0 bridgehead atoms. The Hall–Kier alpha value is -0.160. The van der Waals surface area contributed by atoms with E-state index in [4.69, 9.17) is 19.7 Å². The summed E-state index contributed by atoms with van der Waals surface area (Å²) in [6.45, 7) is 1.81. The summed E-state index contributed by atoms with van der Waals surface area (Å²) < 4.78 is 10.0. The summed E-state index contributed by atoms with van der Waals surface area (Å²) in [4.78, 5) is 0. The van der Waals surface area contributed by atoms with Crippen molar-refractivity contribution in [3.63, 3.8) is 0 Å². The third-order valence-corrected chi connectivity index (χ3v) is 1.98. The lowest BCUT2D eigenvalue weighted by atomic mass is 10.0. The van der Waals surface area contributed by atoms with Crippen molar-refractivity contribution in [2.24, 2.45) is 0 Å². The van der Waals surface area contributed by atoms with Gasteiger partial charge in [0.15, 0.2) is 6.29 Å². The van der Waals surface area contributed by atoms with E-state index in [0.29, 0.717) is 6.42 Å². The van der Waals surface area contributed by atoms with Gasteiger partial charge in [-0.1, -0.05) is 0 Å². The first-order valence-electron chi connectivity index (χ1n) is 3.69. The molecule has 1 aliphatic heterocycles. The van der Waals surface area contributed by atoms with E-state index < -0.39 is 12.4 Å². The molecular formula is C7H14O4. The molecule has 0 aromatic rings. The van der Waals surface area contributed by atoms with Crippen LogP contribution in [0.4, 0.5) is 0 Å². The lowest BCUT2D eigenvalue weighted by Gasteiger charge is -2.34. The number of ether oxygens (including phenoxy) is 2. The van der Waals surface area contributed by atoms with Crippen LogP contribution in [0, 0.1) is 0 Å². The molecule has 11 heavy (non-hydrogen) atoms. The third-order valence-electron chi connectivity index (χ3n) is 1.98. The van der Waals surface area contributed by atoms with Crippen LogP contribution in [0.2, 0.25) is 0 Å². The van der Waals surface area contributed by atoms with Crippen molar-refractivity contribution in [2.75, 3.05) is 7.11 Å². The molecule has 1 fully saturated rings. The van der Waals surface area contributed by atoms with Crippen molar-refractivity contribution < 1.29 is 19.7 Å². The molecule has 1 rings (SSSR count). The first-order chi connectivity index (χ1) is 5.15. The molecule has 0 aliphatic carbocycles. The number of hydrogen-bond donors (Lipinski definition) is 2. The van der Waals surface area contributed by atoms with Crippen molar-refractivity contribution in [3.8, 4) is 0 Å². The van der Waals surface area contributed by atoms with Crippen molar-refractivity contribution >= 4 is 0 Å². The SMILES string of the molecule is COC1C[C@@H](O)C(O)O[C@H]1C. The maximum atomic E-state index is 9.14. The van der Waals surface area contributed by atoms with Gasteiger partial charge in [0.2, 0.25) is 0 Å². The molecule has 1 saturated heterocycles. The van der Waals surface area contributed by atoms with Gasteiger partial charge in [-0.15, -0.1) is 0 Å². The van der Waals surface area contributed by atoms with Gasteiger partial charge in [-0.2, -0.15) is 0 Å². The van der Waals surface area contributed by atoms with Crippen LogP contribution in [0.15, 0.2) is 0 Å². The van der Waals surface area contributed by atoms with Gasteiger partial charge < -0.3 is 19.7 Å². The minimum absolute atomic E-state index is 0.117. The molecule has 2 N–H and O–H groups in total. The van der Waals surface area contributed by atoms with E-state index >= 15 is 0 Å². The van der Waals surface area contributed by atoms with Crippen LogP contribution < -0.4 is 0 Å². The average Bonchev–Trinajstić information content (AvgIpc) is 1.97. The first kappa shape index (κ1) is 8.93. The van der Waals surface area contributed by atoms with Crippen LogP contribution in [0.5, 0.6) is 0 Å². The van der Waals surface area contributed by atoms with Crippen LogP contribution in [0.1, 0.15) is 13.3 Å². The topological polar surface area (TPSA) is 58.9 Å². The Morgan fingerprint density at radius 3 is 2.64 bits per heavy atom. The summed E-state index contributed by atoms with van der Waals surface area (Å²) >= 11 is 0. The molecule has 0 aromatic carbocycles. The highest BCUT2D eigenvalue weighted by Crippen LogP contribution is 2.20. The fourth-order valence-corrected chi connectivity index (χ4v) is 1.23. The normalized spacial score (nSPS) is 45.8. The summed E-state index contributed by atoms with van der Waals surface area (Å²) in [5.41, 5.74) is 0. The van der Waals surface area contributed by atoms with E-state index in [9.17, 15) is 0 Å². The van der Waals surface area contributed by atoms with Crippen LogP contribution in [0.25, 0.3) is 0 Å². The van der Waals surface area contributed by atoms with Crippen LogP contribution in [0.3, 0.4) is 0 Å². The zero-order chi connectivity index (χ0) is 8.43. The van der Waals surface area contributed by atoms with Gasteiger partial charge in [-0.25, -0.2) is 0 Å². The largest absolute Gasteiger partial charge is 0.388 e. The van der Waals surface area contributed by atoms with E-state index in [2.05, 4.69) is 0 Å². The highest BCUT2D eigenvalue weighted by molar-refractivity contribution is 4.78. The van der Waals surface area contributed by atoms with Crippen molar-refractivity contribution in [1.82, 2.24) is 0 Å². The Morgan fingerprint density at radius 1 is 1.45 bits per heavy atom. The summed E-state index contributed by atoms with van der Waals surface area (Å²) in [6, 6.07) is 0. The maximum Gasteiger partial charge on any atom is 0.181 e. The Bertz CT molecular complexity index is 128. The second-order valence-electron chi connectivity index (χ2n) is 2.81. The quantitative estimate of drug-likeness (QED) is 0.545. The highest BCUT2D eigenvalue weighted by Gasteiger charge is 2.33. The number of methoxy groups -OCH3 is 1. The Balaban J connectivity index is 2.48. The first-order valence-corrected chi connectivity index (χ1v) is 3.69. The fraction of sp³-hybridized carbons (Fsp3) is 1.00. The van der Waals surface area contributed by atoms with E-state index in [1.54, 1.807) is 7.11 Å². The summed E-state index contributed by atoms with van der Waals surface area (Å²) in [5.74, 6) is 0. The molecule has 4 nitrogen and oxygen atoms in total. The predicted octanol–water partition coefficient (Wildman–Crippen LogP) is -0.510. The van der Waals surface area contributed by atoms with Gasteiger partial charge in [0, 0.05) is 13.5 Å². The second-order valence-corrected chi connectivity index (χ2v) is 2.81. The van der Waals surface area contributed by atoms with Gasteiger partial charge in [0.1, 0.15) is 6.10 Å². The smallest absolute Gasteiger partial charge is 0.181 e. The monoisotopic (exact) mass is 162 g/mol. The number of rotatable bonds is 1. The summed E-state index contributed by atoms with van der Waals surface area (Å²) in [7, 11) is 1.56. The molecule has 0 amide bonds. The van der Waals surface area contributed by atoms with E-state index in [1.165, 1.54) is 0 Å². The molecule has 0 aromatic heterocycles. The molecule has 2 unspecified atom stereocenters. The summed E-state index contributed by atoms with van der Waals surface area (Å²) in [6.07, 6.45) is -1.72. The molecule has 1 heterocycles. The lowest BCUT2D eigenvalue weighted by Crippen LogP contribution is -2.46. The summed E-state index contributed by atoms with van der Waals surface area (Å²) in [5, 5.41) is 18.2. The van der Waals surface area contributed by atoms with Crippen molar-refractivity contribution in [1.29, 1.82) is 0 Å².